The van der Waals surface area contributed by atoms with Crippen molar-refractivity contribution in [3.8, 4) is 5.75 Å². The molecule has 2 aromatic rings. The predicted molar refractivity (Wildman–Crippen MR) is 109 cm³/mol. The number of aliphatic hydroxyl groups is 1. The summed E-state index contributed by atoms with van der Waals surface area (Å²) in [6.07, 6.45) is -0.731. The summed E-state index contributed by atoms with van der Waals surface area (Å²) in [5.41, 5.74) is 9.90. The van der Waals surface area contributed by atoms with Crippen LogP contribution in [-0.4, -0.2) is 24.7 Å². The number of methoxy groups -OCH3 is 1. The molecular formula is C18H24IN3O2. The van der Waals surface area contributed by atoms with Gasteiger partial charge in [0.15, 0.2) is 5.96 Å². The average molecular weight is 441 g/mol. The van der Waals surface area contributed by atoms with Crippen molar-refractivity contribution in [3.05, 3.63) is 59.2 Å². The molecule has 4 N–H and O–H groups in total. The maximum atomic E-state index is 10.2. The Bertz CT molecular complexity index is 704. The van der Waals surface area contributed by atoms with Crippen molar-refractivity contribution < 1.29 is 9.84 Å². The van der Waals surface area contributed by atoms with Crippen molar-refractivity contribution in [2.24, 2.45) is 10.7 Å². The minimum Gasteiger partial charge on any atom is -0.497 e. The molecule has 0 radical (unpaired) electrons. The molecule has 0 amide bonds. The lowest BCUT2D eigenvalue weighted by Gasteiger charge is -2.11. The number of aryl methyl sites for hydroxylation is 2. The van der Waals surface area contributed by atoms with Crippen LogP contribution in [0.4, 0.5) is 5.69 Å². The van der Waals surface area contributed by atoms with Gasteiger partial charge in [0.2, 0.25) is 0 Å². The van der Waals surface area contributed by atoms with Crippen LogP contribution in [0, 0.1) is 13.8 Å². The molecule has 5 nitrogen and oxygen atoms in total. The van der Waals surface area contributed by atoms with E-state index in [1.54, 1.807) is 13.2 Å². The van der Waals surface area contributed by atoms with Crippen LogP contribution >= 0.6 is 24.0 Å². The molecule has 0 aliphatic carbocycles. The Kier molecular flexibility index (Phi) is 8.00. The number of aliphatic imine (C=N–C) groups is 1. The van der Waals surface area contributed by atoms with E-state index < -0.39 is 6.10 Å². The van der Waals surface area contributed by atoms with E-state index in [0.717, 1.165) is 11.3 Å². The van der Waals surface area contributed by atoms with Gasteiger partial charge in [-0.05, 0) is 54.8 Å². The number of nitrogens with one attached hydrogen (secondary N) is 1. The number of anilines is 1. The zero-order valence-electron chi connectivity index (χ0n) is 14.1. The van der Waals surface area contributed by atoms with Crippen molar-refractivity contribution in [2.75, 3.05) is 19.0 Å². The van der Waals surface area contributed by atoms with Crippen molar-refractivity contribution in [1.29, 1.82) is 0 Å². The van der Waals surface area contributed by atoms with E-state index in [9.17, 15) is 5.11 Å². The molecule has 0 aliphatic rings. The molecular weight excluding hydrogens is 417 g/mol. The Morgan fingerprint density at radius 2 is 1.96 bits per heavy atom. The highest BCUT2D eigenvalue weighted by molar-refractivity contribution is 14.0. The molecule has 130 valence electrons. The molecule has 0 fully saturated rings. The first kappa shape index (κ1) is 20.2. The number of rotatable bonds is 5. The third-order valence-electron chi connectivity index (χ3n) is 3.69. The van der Waals surface area contributed by atoms with Crippen LogP contribution in [0.25, 0.3) is 0 Å². The van der Waals surface area contributed by atoms with Crippen molar-refractivity contribution in [1.82, 2.24) is 0 Å². The van der Waals surface area contributed by atoms with Crippen molar-refractivity contribution in [2.45, 2.75) is 20.0 Å². The van der Waals surface area contributed by atoms with Crippen LogP contribution in [0.1, 0.15) is 22.8 Å². The second-order valence-electron chi connectivity index (χ2n) is 5.44. The Balaban J connectivity index is 0.00000288. The number of hydrogen-bond donors (Lipinski definition) is 3. The van der Waals surface area contributed by atoms with E-state index in [-0.39, 0.29) is 36.5 Å². The summed E-state index contributed by atoms with van der Waals surface area (Å²) in [6.45, 7) is 4.28. The van der Waals surface area contributed by atoms with Gasteiger partial charge in [-0.2, -0.15) is 0 Å². The molecule has 0 heterocycles. The van der Waals surface area contributed by atoms with Crippen molar-refractivity contribution >= 4 is 35.6 Å². The standard InChI is InChI=1S/C18H23N3O2.HI/c1-12-7-8-15(9-13(12)2)21-18(19)20-11-17(22)14-5-4-6-16(10-14)23-3;/h4-10,17,22H,11H2,1-3H3,(H3,19,20,21);1H. The quantitative estimate of drug-likeness (QED) is 0.378. The SMILES string of the molecule is COc1cccc(C(O)CN=C(N)Nc2ccc(C)c(C)c2)c1.I. The van der Waals surface area contributed by atoms with Gasteiger partial charge < -0.3 is 20.9 Å². The van der Waals surface area contributed by atoms with Crippen LogP contribution in [0.2, 0.25) is 0 Å². The summed E-state index contributed by atoms with van der Waals surface area (Å²) in [5, 5.41) is 13.2. The molecule has 1 unspecified atom stereocenters. The number of halogens is 1. The summed E-state index contributed by atoms with van der Waals surface area (Å²) >= 11 is 0. The fraction of sp³-hybridized carbons (Fsp3) is 0.278. The smallest absolute Gasteiger partial charge is 0.193 e. The van der Waals surface area contributed by atoms with Gasteiger partial charge >= 0.3 is 0 Å². The molecule has 2 rings (SSSR count). The number of aliphatic hydroxyl groups excluding tert-OH is 1. The highest BCUT2D eigenvalue weighted by Crippen LogP contribution is 2.19. The largest absolute Gasteiger partial charge is 0.497 e. The molecule has 24 heavy (non-hydrogen) atoms. The van der Waals surface area contributed by atoms with E-state index in [4.69, 9.17) is 10.5 Å². The second kappa shape index (κ2) is 9.48. The summed E-state index contributed by atoms with van der Waals surface area (Å²) in [5.74, 6) is 0.974. The zero-order valence-corrected chi connectivity index (χ0v) is 16.4. The first-order valence-corrected chi connectivity index (χ1v) is 7.46. The molecule has 0 saturated carbocycles. The highest BCUT2D eigenvalue weighted by Gasteiger charge is 2.08. The summed E-state index contributed by atoms with van der Waals surface area (Å²) in [6, 6.07) is 13.3. The fourth-order valence-electron chi connectivity index (χ4n) is 2.15. The molecule has 0 aromatic heterocycles. The molecule has 0 spiro atoms. The topological polar surface area (TPSA) is 79.9 Å². The van der Waals surface area contributed by atoms with Crippen LogP contribution in [0.5, 0.6) is 5.75 Å². The van der Waals surface area contributed by atoms with Gasteiger partial charge in [-0.3, -0.25) is 4.99 Å². The number of hydrogen-bond acceptors (Lipinski definition) is 3. The number of ether oxygens (including phenoxy) is 1. The van der Waals surface area contributed by atoms with E-state index in [0.29, 0.717) is 5.75 Å². The number of guanidine groups is 1. The van der Waals surface area contributed by atoms with E-state index in [1.165, 1.54) is 11.1 Å². The van der Waals surface area contributed by atoms with Gasteiger partial charge in [-0.25, -0.2) is 0 Å². The van der Waals surface area contributed by atoms with Gasteiger partial charge in [0.05, 0.1) is 19.8 Å². The summed E-state index contributed by atoms with van der Waals surface area (Å²) < 4.78 is 5.15. The first-order valence-electron chi connectivity index (χ1n) is 7.46. The lowest BCUT2D eigenvalue weighted by Crippen LogP contribution is -2.23. The van der Waals surface area contributed by atoms with Gasteiger partial charge in [-0.15, -0.1) is 24.0 Å². The monoisotopic (exact) mass is 441 g/mol. The van der Waals surface area contributed by atoms with E-state index in [1.807, 2.05) is 43.3 Å². The van der Waals surface area contributed by atoms with Crippen LogP contribution in [-0.2, 0) is 0 Å². The van der Waals surface area contributed by atoms with Gasteiger partial charge in [-0.1, -0.05) is 18.2 Å². The fourth-order valence-corrected chi connectivity index (χ4v) is 2.15. The Morgan fingerprint density at radius 3 is 2.62 bits per heavy atom. The normalized spacial score (nSPS) is 12.2. The minimum atomic E-state index is -0.731. The summed E-state index contributed by atoms with van der Waals surface area (Å²) in [7, 11) is 1.59. The Labute approximate surface area is 160 Å². The van der Waals surface area contributed by atoms with Gasteiger partial charge in [0.1, 0.15) is 5.75 Å². The Hall–Kier alpha value is -1.80. The molecule has 0 bridgehead atoms. The maximum absolute atomic E-state index is 10.2. The van der Waals surface area contributed by atoms with E-state index >= 15 is 0 Å². The molecule has 0 aliphatic heterocycles. The summed E-state index contributed by atoms with van der Waals surface area (Å²) in [4.78, 5) is 4.20. The molecule has 6 heteroatoms. The lowest BCUT2D eigenvalue weighted by atomic mass is 10.1. The van der Waals surface area contributed by atoms with Gasteiger partial charge in [0.25, 0.3) is 0 Å². The zero-order chi connectivity index (χ0) is 16.8. The number of nitrogens with zero attached hydrogens (tertiary/aromatic N) is 1. The predicted octanol–water partition coefficient (Wildman–Crippen LogP) is 3.39. The highest BCUT2D eigenvalue weighted by atomic mass is 127. The number of nitrogens with two attached hydrogens (primary N) is 1. The molecule has 2 aromatic carbocycles. The molecule has 0 saturated heterocycles. The number of benzene rings is 2. The van der Waals surface area contributed by atoms with Crippen molar-refractivity contribution in [3.63, 3.8) is 0 Å². The third kappa shape index (κ3) is 5.68. The second-order valence-corrected chi connectivity index (χ2v) is 5.44. The van der Waals surface area contributed by atoms with Crippen LogP contribution < -0.4 is 15.8 Å². The molecule has 1 atom stereocenters. The maximum Gasteiger partial charge on any atom is 0.193 e. The van der Waals surface area contributed by atoms with E-state index in [2.05, 4.69) is 17.2 Å². The average Bonchev–Trinajstić information content (AvgIpc) is 2.56. The lowest BCUT2D eigenvalue weighted by molar-refractivity contribution is 0.187. The first-order chi connectivity index (χ1) is 11.0. The Morgan fingerprint density at radius 1 is 1.21 bits per heavy atom. The third-order valence-corrected chi connectivity index (χ3v) is 3.69. The van der Waals surface area contributed by atoms with Crippen LogP contribution in [0.15, 0.2) is 47.5 Å². The van der Waals surface area contributed by atoms with Crippen LogP contribution in [0.3, 0.4) is 0 Å². The van der Waals surface area contributed by atoms with Gasteiger partial charge in [0, 0.05) is 5.69 Å². The minimum absolute atomic E-state index is 0.